The van der Waals surface area contributed by atoms with E-state index in [0.717, 1.165) is 5.01 Å². The summed E-state index contributed by atoms with van der Waals surface area (Å²) >= 11 is 7.43. The van der Waals surface area contributed by atoms with E-state index in [4.69, 9.17) is 25.5 Å². The van der Waals surface area contributed by atoms with Crippen LogP contribution in [0.3, 0.4) is 0 Å². The lowest BCUT2D eigenvalue weighted by atomic mass is 9.97. The van der Waals surface area contributed by atoms with Crippen LogP contribution in [-0.4, -0.2) is 30.3 Å². The molecule has 4 aromatic rings. The molecule has 1 unspecified atom stereocenters. The van der Waals surface area contributed by atoms with E-state index in [1.807, 2.05) is 6.92 Å². The number of hydrogen-bond acceptors (Lipinski definition) is 8. The number of methoxy groups -OCH3 is 2. The molecule has 0 fully saturated rings. The van der Waals surface area contributed by atoms with Gasteiger partial charge in [-0.1, -0.05) is 42.0 Å². The van der Waals surface area contributed by atoms with Gasteiger partial charge in [0.05, 0.1) is 25.2 Å². The Morgan fingerprint density at radius 3 is 2.67 bits per heavy atom. The predicted molar refractivity (Wildman–Crippen MR) is 125 cm³/mol. The van der Waals surface area contributed by atoms with Crippen LogP contribution in [0.2, 0.25) is 5.02 Å². The third-order valence-electron chi connectivity index (χ3n) is 5.52. The summed E-state index contributed by atoms with van der Waals surface area (Å²) in [6.07, 6.45) is 0.666. The maximum absolute atomic E-state index is 13.7. The molecule has 0 radical (unpaired) electrons. The molecule has 1 amide bonds. The van der Waals surface area contributed by atoms with Crippen molar-refractivity contribution < 1.29 is 18.7 Å². The average molecular weight is 484 g/mol. The maximum Gasteiger partial charge on any atom is 0.297 e. The monoisotopic (exact) mass is 483 g/mol. The van der Waals surface area contributed by atoms with Crippen LogP contribution >= 0.6 is 22.9 Å². The normalized spacial score (nSPS) is 15.2. The van der Waals surface area contributed by atoms with Crippen LogP contribution in [0.15, 0.2) is 45.6 Å². The summed E-state index contributed by atoms with van der Waals surface area (Å²) in [5.41, 5.74) is 0.682. The third-order valence-corrected chi connectivity index (χ3v) is 6.83. The smallest absolute Gasteiger partial charge is 0.297 e. The Morgan fingerprint density at radius 2 is 1.97 bits per heavy atom. The van der Waals surface area contributed by atoms with Crippen LogP contribution in [0.4, 0.5) is 5.13 Å². The first-order valence-electron chi connectivity index (χ1n) is 10.1. The van der Waals surface area contributed by atoms with E-state index in [2.05, 4.69) is 10.2 Å². The highest BCUT2D eigenvalue weighted by molar-refractivity contribution is 7.15. The largest absolute Gasteiger partial charge is 0.493 e. The fourth-order valence-electron chi connectivity index (χ4n) is 4.05. The summed E-state index contributed by atoms with van der Waals surface area (Å²) in [7, 11) is 3.03. The van der Waals surface area contributed by atoms with Crippen molar-refractivity contribution in [2.45, 2.75) is 19.4 Å². The Kier molecular flexibility index (Phi) is 5.30. The van der Waals surface area contributed by atoms with Crippen molar-refractivity contribution in [2.75, 3.05) is 19.1 Å². The molecule has 0 aliphatic carbocycles. The third kappa shape index (κ3) is 3.27. The van der Waals surface area contributed by atoms with Gasteiger partial charge < -0.3 is 13.9 Å². The molecule has 8 nitrogen and oxygen atoms in total. The quantitative estimate of drug-likeness (QED) is 0.408. The van der Waals surface area contributed by atoms with Gasteiger partial charge in [-0.25, -0.2) is 0 Å². The topological polar surface area (TPSA) is 94.8 Å². The molecule has 33 heavy (non-hydrogen) atoms. The highest BCUT2D eigenvalue weighted by Crippen LogP contribution is 2.46. The van der Waals surface area contributed by atoms with Gasteiger partial charge in [-0.3, -0.25) is 14.5 Å². The lowest BCUT2D eigenvalue weighted by Gasteiger charge is -2.24. The van der Waals surface area contributed by atoms with Crippen LogP contribution in [0.1, 0.15) is 39.7 Å². The van der Waals surface area contributed by atoms with Crippen molar-refractivity contribution >= 4 is 44.9 Å². The molecule has 0 saturated carbocycles. The summed E-state index contributed by atoms with van der Waals surface area (Å²) in [5.74, 6) is 0.350. The highest BCUT2D eigenvalue weighted by Gasteiger charge is 2.46. The van der Waals surface area contributed by atoms with Crippen molar-refractivity contribution in [3.05, 3.63) is 73.5 Å². The number of ether oxygens (including phenoxy) is 2. The first-order valence-corrected chi connectivity index (χ1v) is 11.3. The molecular formula is C23H18ClN3O5S. The van der Waals surface area contributed by atoms with Crippen molar-refractivity contribution in [2.24, 2.45) is 0 Å². The fraction of sp³-hybridized carbons (Fsp3) is 0.217. The zero-order valence-corrected chi connectivity index (χ0v) is 19.5. The number of rotatable bonds is 5. The van der Waals surface area contributed by atoms with Gasteiger partial charge in [0.25, 0.3) is 5.91 Å². The standard InChI is InChI=1S/C23H18ClN3O5S/c1-4-16-25-26-23(33-16)27-18(12-6-5-7-15(30-2)20(12)31-3)17-19(28)13-10-11(24)8-9-14(13)32-21(17)22(27)29/h5-10,18H,4H2,1-3H3. The van der Waals surface area contributed by atoms with Crippen molar-refractivity contribution in [1.82, 2.24) is 10.2 Å². The Balaban J connectivity index is 1.84. The zero-order valence-electron chi connectivity index (χ0n) is 17.9. The van der Waals surface area contributed by atoms with Gasteiger partial charge in [-0.2, -0.15) is 0 Å². The molecule has 2 aromatic carbocycles. The van der Waals surface area contributed by atoms with Crippen LogP contribution in [-0.2, 0) is 6.42 Å². The summed E-state index contributed by atoms with van der Waals surface area (Å²) < 4.78 is 17.0. The average Bonchev–Trinajstić information content (AvgIpc) is 3.41. The molecule has 0 bridgehead atoms. The fourth-order valence-corrected chi connectivity index (χ4v) is 5.03. The van der Waals surface area contributed by atoms with E-state index in [1.165, 1.54) is 36.5 Å². The van der Waals surface area contributed by atoms with Crippen LogP contribution < -0.4 is 19.8 Å². The van der Waals surface area contributed by atoms with Crippen LogP contribution in [0.25, 0.3) is 11.0 Å². The lowest BCUT2D eigenvalue weighted by molar-refractivity contribution is 0.0970. The number of halogens is 1. The van der Waals surface area contributed by atoms with E-state index in [0.29, 0.717) is 33.6 Å². The molecule has 2 aromatic heterocycles. The van der Waals surface area contributed by atoms with E-state index in [9.17, 15) is 9.59 Å². The number of para-hydroxylation sites is 1. The first kappa shape index (κ1) is 21.4. The first-order chi connectivity index (χ1) is 16.0. The number of aryl methyl sites for hydroxylation is 1. The second kappa shape index (κ2) is 8.17. The Morgan fingerprint density at radius 1 is 1.15 bits per heavy atom. The maximum atomic E-state index is 13.7. The minimum absolute atomic E-state index is 0.0436. The van der Waals surface area contributed by atoms with Gasteiger partial charge >= 0.3 is 0 Å². The molecule has 0 N–H and O–H groups in total. The zero-order chi connectivity index (χ0) is 23.3. The van der Waals surface area contributed by atoms with Gasteiger partial charge in [-0.15, -0.1) is 10.2 Å². The van der Waals surface area contributed by atoms with Gasteiger partial charge in [0.2, 0.25) is 10.9 Å². The molecular weight excluding hydrogens is 466 g/mol. The minimum atomic E-state index is -0.852. The van der Waals surface area contributed by atoms with E-state index in [-0.39, 0.29) is 27.7 Å². The number of amides is 1. The Labute approximate surface area is 197 Å². The number of hydrogen-bond donors (Lipinski definition) is 0. The molecule has 1 atom stereocenters. The van der Waals surface area contributed by atoms with Gasteiger partial charge in [0.15, 0.2) is 16.9 Å². The number of anilines is 1. The summed E-state index contributed by atoms with van der Waals surface area (Å²) in [6, 6.07) is 9.17. The highest BCUT2D eigenvalue weighted by atomic mass is 35.5. The predicted octanol–water partition coefficient (Wildman–Crippen LogP) is 4.63. The lowest BCUT2D eigenvalue weighted by Crippen LogP contribution is -2.29. The van der Waals surface area contributed by atoms with Gasteiger partial charge in [0.1, 0.15) is 16.6 Å². The molecule has 3 heterocycles. The SMILES string of the molecule is CCc1nnc(N2C(=O)c3oc4ccc(Cl)cc4c(=O)c3C2c2cccc(OC)c2OC)s1. The number of aromatic nitrogens is 2. The van der Waals surface area contributed by atoms with E-state index >= 15 is 0 Å². The number of nitrogens with zero attached hydrogens (tertiary/aromatic N) is 3. The van der Waals surface area contributed by atoms with Gasteiger partial charge in [-0.05, 0) is 30.7 Å². The van der Waals surface area contributed by atoms with E-state index < -0.39 is 11.9 Å². The van der Waals surface area contributed by atoms with Gasteiger partial charge in [0, 0.05) is 10.6 Å². The number of carbonyl (C=O) groups is 1. The molecule has 5 rings (SSSR count). The number of carbonyl (C=O) groups excluding carboxylic acids is 1. The van der Waals surface area contributed by atoms with Crippen LogP contribution in [0, 0.1) is 0 Å². The second-order valence-electron chi connectivity index (χ2n) is 7.31. The molecule has 1 aliphatic rings. The molecule has 1 aliphatic heterocycles. The van der Waals surface area contributed by atoms with Crippen molar-refractivity contribution in [3.8, 4) is 11.5 Å². The second-order valence-corrected chi connectivity index (χ2v) is 8.78. The Bertz CT molecular complexity index is 1460. The number of benzene rings is 2. The van der Waals surface area contributed by atoms with Crippen molar-refractivity contribution in [3.63, 3.8) is 0 Å². The molecule has 0 saturated heterocycles. The summed E-state index contributed by atoms with van der Waals surface area (Å²) in [5, 5.41) is 10.2. The number of fused-ring (bicyclic) bond motifs is 2. The van der Waals surface area contributed by atoms with Crippen LogP contribution in [0.5, 0.6) is 11.5 Å². The summed E-state index contributed by atoms with van der Waals surface area (Å²) in [4.78, 5) is 28.8. The molecule has 0 spiro atoms. The minimum Gasteiger partial charge on any atom is -0.493 e. The van der Waals surface area contributed by atoms with Crippen molar-refractivity contribution in [1.29, 1.82) is 0 Å². The molecule has 168 valence electrons. The van der Waals surface area contributed by atoms with E-state index in [1.54, 1.807) is 30.3 Å². The summed E-state index contributed by atoms with van der Waals surface area (Å²) in [6.45, 7) is 1.95. The Hall–Kier alpha value is -3.43. The molecule has 10 heteroatoms.